The highest BCUT2D eigenvalue weighted by atomic mass is 19.1. The fraction of sp³-hybridized carbons (Fsp3) is 0.190. The van der Waals surface area contributed by atoms with Gasteiger partial charge in [0.2, 0.25) is 0 Å². The van der Waals surface area contributed by atoms with Gasteiger partial charge in [0, 0.05) is 34.1 Å². The molecule has 3 aromatic rings. The number of benzene rings is 2. The van der Waals surface area contributed by atoms with Crippen molar-refractivity contribution in [1.29, 1.82) is 0 Å². The molecule has 0 aliphatic carbocycles. The number of nitrogens with zero attached hydrogens (tertiary/aromatic N) is 1. The van der Waals surface area contributed by atoms with E-state index < -0.39 is 0 Å². The highest BCUT2D eigenvalue weighted by Gasteiger charge is 2.14. The summed E-state index contributed by atoms with van der Waals surface area (Å²) < 4.78 is 13.4. The zero-order valence-corrected chi connectivity index (χ0v) is 14.0. The average molecular weight is 333 g/mol. The number of aromatic amines is 1. The maximum absolute atomic E-state index is 13.4. The van der Waals surface area contributed by atoms with Gasteiger partial charge in [0.05, 0.1) is 5.69 Å². The van der Waals surface area contributed by atoms with Crippen LogP contribution in [0.3, 0.4) is 0 Å². The molecule has 0 bridgehead atoms. The SMILES string of the molecule is C=C(N)CCC1=Nc2ccc(-c3c[nH]c4cc(F)ccc34)cc2CC1. The van der Waals surface area contributed by atoms with Gasteiger partial charge in [-0.2, -0.15) is 0 Å². The molecule has 1 aliphatic heterocycles. The number of aromatic nitrogens is 1. The summed E-state index contributed by atoms with van der Waals surface area (Å²) >= 11 is 0. The van der Waals surface area contributed by atoms with Gasteiger partial charge in [-0.15, -0.1) is 0 Å². The lowest BCUT2D eigenvalue weighted by Gasteiger charge is -2.16. The van der Waals surface area contributed by atoms with E-state index in [0.717, 1.165) is 53.4 Å². The van der Waals surface area contributed by atoms with Crippen LogP contribution in [0.1, 0.15) is 24.8 Å². The molecule has 2 heterocycles. The fourth-order valence-electron chi connectivity index (χ4n) is 3.39. The largest absolute Gasteiger partial charge is 0.403 e. The first-order valence-corrected chi connectivity index (χ1v) is 8.50. The Morgan fingerprint density at radius 1 is 1.20 bits per heavy atom. The molecular formula is C21H20FN3. The monoisotopic (exact) mass is 333 g/mol. The van der Waals surface area contributed by atoms with Crippen LogP contribution in [-0.2, 0) is 6.42 Å². The van der Waals surface area contributed by atoms with Crippen LogP contribution >= 0.6 is 0 Å². The van der Waals surface area contributed by atoms with Gasteiger partial charge in [0.1, 0.15) is 5.82 Å². The number of nitrogens with two attached hydrogens (primary N) is 1. The summed E-state index contributed by atoms with van der Waals surface area (Å²) in [4.78, 5) is 7.93. The summed E-state index contributed by atoms with van der Waals surface area (Å²) in [6, 6.07) is 11.2. The molecule has 0 atom stereocenters. The van der Waals surface area contributed by atoms with E-state index in [1.807, 2.05) is 12.3 Å². The lowest BCUT2D eigenvalue weighted by molar-refractivity contribution is 0.629. The third-order valence-corrected chi connectivity index (χ3v) is 4.73. The minimum atomic E-state index is -0.228. The lowest BCUT2D eigenvalue weighted by atomic mass is 9.95. The Morgan fingerprint density at radius 2 is 2.08 bits per heavy atom. The summed E-state index contributed by atoms with van der Waals surface area (Å²) in [5.74, 6) is -0.228. The molecule has 2 aromatic carbocycles. The number of allylic oxidation sites excluding steroid dienone is 1. The maximum Gasteiger partial charge on any atom is 0.125 e. The second-order valence-electron chi connectivity index (χ2n) is 6.57. The van der Waals surface area contributed by atoms with Crippen LogP contribution in [0.5, 0.6) is 0 Å². The van der Waals surface area contributed by atoms with Gasteiger partial charge in [-0.1, -0.05) is 12.6 Å². The Bertz CT molecular complexity index is 998. The van der Waals surface area contributed by atoms with E-state index in [0.29, 0.717) is 5.70 Å². The predicted molar refractivity (Wildman–Crippen MR) is 102 cm³/mol. The van der Waals surface area contributed by atoms with Crippen LogP contribution in [0.25, 0.3) is 22.0 Å². The molecule has 0 saturated heterocycles. The number of aliphatic imine (C=N–C) groups is 1. The van der Waals surface area contributed by atoms with Crippen molar-refractivity contribution >= 4 is 22.3 Å². The number of halogens is 1. The van der Waals surface area contributed by atoms with E-state index in [9.17, 15) is 4.39 Å². The molecule has 4 rings (SSSR count). The van der Waals surface area contributed by atoms with Gasteiger partial charge in [0.15, 0.2) is 0 Å². The zero-order valence-electron chi connectivity index (χ0n) is 14.0. The molecule has 0 spiro atoms. The highest BCUT2D eigenvalue weighted by Crippen LogP contribution is 2.34. The smallest absolute Gasteiger partial charge is 0.125 e. The average Bonchev–Trinajstić information content (AvgIpc) is 3.02. The molecule has 0 unspecified atom stereocenters. The zero-order chi connectivity index (χ0) is 17.4. The summed E-state index contributed by atoms with van der Waals surface area (Å²) in [6.45, 7) is 3.75. The van der Waals surface area contributed by atoms with Crippen molar-refractivity contribution in [3.8, 4) is 11.1 Å². The molecule has 0 fully saturated rings. The molecule has 1 aromatic heterocycles. The minimum Gasteiger partial charge on any atom is -0.403 e. The van der Waals surface area contributed by atoms with Crippen LogP contribution < -0.4 is 5.73 Å². The maximum atomic E-state index is 13.4. The van der Waals surface area contributed by atoms with Crippen molar-refractivity contribution < 1.29 is 4.39 Å². The number of H-pyrrole nitrogens is 1. The molecule has 1 aliphatic rings. The van der Waals surface area contributed by atoms with E-state index >= 15 is 0 Å². The normalized spacial score (nSPS) is 13.6. The molecule has 0 amide bonds. The van der Waals surface area contributed by atoms with Gasteiger partial charge in [0.25, 0.3) is 0 Å². The quantitative estimate of drug-likeness (QED) is 0.673. The van der Waals surface area contributed by atoms with Crippen LogP contribution in [0, 0.1) is 5.82 Å². The van der Waals surface area contributed by atoms with Crippen molar-refractivity contribution in [3.05, 3.63) is 66.3 Å². The standard InChI is InChI=1S/C21H20FN3/c1-13(23)2-6-17-7-3-15-10-14(4-9-20(15)25-17)19-12-24-21-11-16(22)5-8-18(19)21/h4-5,8-12,24H,1-3,6-7,23H2. The van der Waals surface area contributed by atoms with Gasteiger partial charge < -0.3 is 10.7 Å². The van der Waals surface area contributed by atoms with Gasteiger partial charge in [-0.3, -0.25) is 4.99 Å². The molecule has 126 valence electrons. The molecular weight excluding hydrogens is 313 g/mol. The summed E-state index contributed by atoms with van der Waals surface area (Å²) in [6.07, 6.45) is 5.55. The van der Waals surface area contributed by atoms with Crippen LogP contribution in [0.4, 0.5) is 10.1 Å². The first-order valence-electron chi connectivity index (χ1n) is 8.50. The molecule has 0 saturated carbocycles. The van der Waals surface area contributed by atoms with Crippen molar-refractivity contribution in [1.82, 2.24) is 4.98 Å². The first-order chi connectivity index (χ1) is 12.1. The topological polar surface area (TPSA) is 54.2 Å². The minimum absolute atomic E-state index is 0.228. The number of aryl methyl sites for hydroxylation is 1. The van der Waals surface area contributed by atoms with E-state index in [-0.39, 0.29) is 5.82 Å². The Kier molecular flexibility index (Phi) is 3.88. The highest BCUT2D eigenvalue weighted by molar-refractivity contribution is 5.96. The molecule has 3 N–H and O–H groups in total. The van der Waals surface area contributed by atoms with E-state index in [1.54, 1.807) is 0 Å². The number of hydrogen-bond acceptors (Lipinski definition) is 2. The van der Waals surface area contributed by atoms with Crippen molar-refractivity contribution in [3.63, 3.8) is 0 Å². The molecule has 4 heteroatoms. The second kappa shape index (κ2) is 6.20. The Balaban J connectivity index is 1.67. The first kappa shape index (κ1) is 15.6. The number of hydrogen-bond donors (Lipinski definition) is 2. The van der Waals surface area contributed by atoms with Crippen molar-refractivity contribution in [2.24, 2.45) is 10.7 Å². The third-order valence-electron chi connectivity index (χ3n) is 4.73. The molecule has 0 radical (unpaired) electrons. The summed E-state index contributed by atoms with van der Waals surface area (Å²) in [5, 5.41) is 1.03. The van der Waals surface area contributed by atoms with E-state index in [1.165, 1.54) is 23.4 Å². The van der Waals surface area contributed by atoms with E-state index in [2.05, 4.69) is 29.8 Å². The van der Waals surface area contributed by atoms with Crippen LogP contribution in [-0.4, -0.2) is 10.7 Å². The predicted octanol–water partition coefficient (Wildman–Crippen LogP) is 5.25. The van der Waals surface area contributed by atoms with Crippen LogP contribution in [0.15, 0.2) is 59.9 Å². The Morgan fingerprint density at radius 3 is 2.92 bits per heavy atom. The van der Waals surface area contributed by atoms with Gasteiger partial charge in [-0.25, -0.2) is 4.39 Å². The third kappa shape index (κ3) is 3.07. The number of nitrogens with one attached hydrogen (secondary N) is 1. The second-order valence-corrected chi connectivity index (χ2v) is 6.57. The molecule has 25 heavy (non-hydrogen) atoms. The number of fused-ring (bicyclic) bond motifs is 2. The van der Waals surface area contributed by atoms with Gasteiger partial charge in [-0.05, 0) is 67.1 Å². The summed E-state index contributed by atoms with van der Waals surface area (Å²) in [7, 11) is 0. The van der Waals surface area contributed by atoms with Gasteiger partial charge >= 0.3 is 0 Å². The Labute approximate surface area is 146 Å². The van der Waals surface area contributed by atoms with Crippen molar-refractivity contribution in [2.75, 3.05) is 0 Å². The van der Waals surface area contributed by atoms with Crippen molar-refractivity contribution in [2.45, 2.75) is 25.7 Å². The van der Waals surface area contributed by atoms with Crippen LogP contribution in [0.2, 0.25) is 0 Å². The fourth-order valence-corrected chi connectivity index (χ4v) is 3.39. The Hall–Kier alpha value is -2.88. The summed E-state index contributed by atoms with van der Waals surface area (Å²) in [5.41, 5.74) is 12.9. The lowest BCUT2D eigenvalue weighted by Crippen LogP contribution is -2.08. The number of rotatable bonds is 4. The van der Waals surface area contributed by atoms with E-state index in [4.69, 9.17) is 10.7 Å². The molecule has 3 nitrogen and oxygen atoms in total.